The summed E-state index contributed by atoms with van der Waals surface area (Å²) in [6.07, 6.45) is 0.671. The van der Waals surface area contributed by atoms with Crippen LogP contribution < -0.4 is 16.0 Å². The van der Waals surface area contributed by atoms with Crippen molar-refractivity contribution in [3.8, 4) is 11.3 Å². The first kappa shape index (κ1) is 26.2. The van der Waals surface area contributed by atoms with Crippen LogP contribution in [0.25, 0.3) is 11.3 Å². The molecule has 3 N–H and O–H groups in total. The number of aromatic nitrogens is 1. The Balaban J connectivity index is 1.36. The molecule has 3 aromatic carbocycles. The van der Waals surface area contributed by atoms with Crippen molar-refractivity contribution in [2.24, 2.45) is 0 Å². The molecule has 0 aliphatic carbocycles. The van der Waals surface area contributed by atoms with E-state index in [1.165, 1.54) is 28.7 Å². The van der Waals surface area contributed by atoms with E-state index >= 15 is 0 Å². The molecule has 1 amide bonds. The fourth-order valence-corrected chi connectivity index (χ4v) is 5.57. The van der Waals surface area contributed by atoms with Crippen molar-refractivity contribution in [3.63, 3.8) is 0 Å². The SMILES string of the molecule is CCC(Sc1cccc(NC(=S)Nc2ccc(C)cc2)c1)C(=O)Nc1nc(-c2ccccc2Cl)cs1. The number of nitrogens with one attached hydrogen (secondary N) is 3. The van der Waals surface area contributed by atoms with Crippen molar-refractivity contribution >= 4 is 74.4 Å². The summed E-state index contributed by atoms with van der Waals surface area (Å²) in [4.78, 5) is 18.5. The van der Waals surface area contributed by atoms with Crippen molar-refractivity contribution < 1.29 is 4.79 Å². The number of amides is 1. The van der Waals surface area contributed by atoms with Crippen molar-refractivity contribution in [3.05, 3.63) is 88.8 Å². The maximum Gasteiger partial charge on any atom is 0.239 e. The molecule has 36 heavy (non-hydrogen) atoms. The number of hydrogen-bond donors (Lipinski definition) is 3. The Morgan fingerprint density at radius 1 is 1.03 bits per heavy atom. The number of carbonyl (C=O) groups excluding carboxylic acids is 1. The molecule has 0 spiro atoms. The van der Waals surface area contributed by atoms with Gasteiger partial charge in [0.2, 0.25) is 5.91 Å². The molecule has 1 heterocycles. The molecule has 4 rings (SSSR count). The molecule has 0 bridgehead atoms. The highest BCUT2D eigenvalue weighted by atomic mass is 35.5. The molecule has 0 fully saturated rings. The maximum absolute atomic E-state index is 13.0. The molecule has 1 aromatic heterocycles. The number of nitrogens with zero attached hydrogens (tertiary/aromatic N) is 1. The Kier molecular flexibility index (Phi) is 8.98. The minimum absolute atomic E-state index is 0.0857. The van der Waals surface area contributed by atoms with Gasteiger partial charge in [0.25, 0.3) is 0 Å². The minimum atomic E-state index is -0.273. The Bertz CT molecular complexity index is 1360. The fraction of sp³-hybridized carbons (Fsp3) is 0.148. The highest BCUT2D eigenvalue weighted by molar-refractivity contribution is 8.00. The molecule has 0 aliphatic heterocycles. The van der Waals surface area contributed by atoms with Crippen LogP contribution in [0.15, 0.2) is 83.1 Å². The molecule has 1 atom stereocenters. The largest absolute Gasteiger partial charge is 0.332 e. The smallest absolute Gasteiger partial charge is 0.239 e. The van der Waals surface area contributed by atoms with Gasteiger partial charge in [0.05, 0.1) is 10.9 Å². The molecule has 0 saturated carbocycles. The summed E-state index contributed by atoms with van der Waals surface area (Å²) in [5.41, 5.74) is 4.55. The molecule has 9 heteroatoms. The maximum atomic E-state index is 13.0. The molecule has 0 saturated heterocycles. The second-order valence-corrected chi connectivity index (χ2v) is 10.9. The molecule has 5 nitrogen and oxygen atoms in total. The van der Waals surface area contributed by atoms with E-state index in [0.29, 0.717) is 21.7 Å². The predicted octanol–water partition coefficient (Wildman–Crippen LogP) is 8.09. The number of thiazole rings is 1. The molecule has 184 valence electrons. The molecular formula is C27H25ClN4OS3. The molecule has 0 radical (unpaired) electrons. The monoisotopic (exact) mass is 552 g/mol. The molecule has 0 aliphatic rings. The van der Waals surface area contributed by atoms with Crippen LogP contribution >= 0.6 is 46.9 Å². The Morgan fingerprint density at radius 2 is 1.78 bits per heavy atom. The van der Waals surface area contributed by atoms with Crippen LogP contribution in [0.5, 0.6) is 0 Å². The number of aryl methyl sites for hydroxylation is 1. The van der Waals surface area contributed by atoms with Gasteiger partial charge in [0.15, 0.2) is 10.2 Å². The number of thiocarbonyl (C=S) groups is 1. The Labute approximate surface area is 229 Å². The predicted molar refractivity (Wildman–Crippen MR) is 159 cm³/mol. The first-order valence-corrected chi connectivity index (χ1v) is 13.9. The minimum Gasteiger partial charge on any atom is -0.332 e. The van der Waals surface area contributed by atoms with Gasteiger partial charge in [-0.2, -0.15) is 0 Å². The zero-order valence-electron chi connectivity index (χ0n) is 19.7. The summed E-state index contributed by atoms with van der Waals surface area (Å²) < 4.78 is 0. The van der Waals surface area contributed by atoms with Crippen LogP contribution in [0.4, 0.5) is 16.5 Å². The third-order valence-electron chi connectivity index (χ3n) is 5.23. The lowest BCUT2D eigenvalue weighted by Gasteiger charge is -2.15. The van der Waals surface area contributed by atoms with E-state index in [4.69, 9.17) is 23.8 Å². The Hall–Kier alpha value is -2.91. The number of rotatable bonds is 8. The van der Waals surface area contributed by atoms with Crippen molar-refractivity contribution in [2.45, 2.75) is 30.4 Å². The molecule has 4 aromatic rings. The summed E-state index contributed by atoms with van der Waals surface area (Å²) >= 11 is 14.6. The standard InChI is InChI=1S/C27H25ClN4OS3/c1-3-24(25(33)32-27-31-23(16-35-27)21-9-4-5-10-22(21)28)36-20-8-6-7-19(15-20)30-26(34)29-18-13-11-17(2)12-14-18/h4-16,24H,3H2,1-2H3,(H2,29,30,34)(H,31,32,33). The highest BCUT2D eigenvalue weighted by Gasteiger charge is 2.20. The second-order valence-electron chi connectivity index (χ2n) is 7.99. The number of thioether (sulfide) groups is 1. The number of carbonyl (C=O) groups is 1. The number of anilines is 3. The van der Waals surface area contributed by atoms with Crippen molar-refractivity contribution in [1.29, 1.82) is 0 Å². The van der Waals surface area contributed by atoms with E-state index in [-0.39, 0.29) is 11.2 Å². The van der Waals surface area contributed by atoms with E-state index in [1.807, 2.05) is 92.0 Å². The van der Waals surface area contributed by atoms with Gasteiger partial charge >= 0.3 is 0 Å². The van der Waals surface area contributed by atoms with E-state index in [2.05, 4.69) is 20.9 Å². The Morgan fingerprint density at radius 3 is 2.53 bits per heavy atom. The van der Waals surface area contributed by atoms with Crippen molar-refractivity contribution in [1.82, 2.24) is 4.98 Å². The van der Waals surface area contributed by atoms with Crippen molar-refractivity contribution in [2.75, 3.05) is 16.0 Å². The summed E-state index contributed by atoms with van der Waals surface area (Å²) in [5, 5.41) is 12.7. The average Bonchev–Trinajstić information content (AvgIpc) is 3.32. The first-order valence-electron chi connectivity index (χ1n) is 11.3. The normalized spacial score (nSPS) is 11.5. The molecule has 1 unspecified atom stereocenters. The fourth-order valence-electron chi connectivity index (χ4n) is 3.37. The van der Waals surface area contributed by atoms with E-state index in [1.54, 1.807) is 0 Å². The van der Waals surface area contributed by atoms with E-state index < -0.39 is 0 Å². The van der Waals surface area contributed by atoms with E-state index in [0.717, 1.165) is 27.5 Å². The van der Waals surface area contributed by atoms with Gasteiger partial charge in [-0.3, -0.25) is 4.79 Å². The van der Waals surface area contributed by atoms with Crippen LogP contribution in [0.3, 0.4) is 0 Å². The van der Waals surface area contributed by atoms with Gasteiger partial charge in [-0.05, 0) is 62.0 Å². The quantitative estimate of drug-likeness (QED) is 0.152. The number of halogens is 1. The zero-order valence-corrected chi connectivity index (χ0v) is 23.0. The van der Waals surface area contributed by atoms with Gasteiger partial charge in [-0.1, -0.05) is 60.5 Å². The zero-order chi connectivity index (χ0) is 25.5. The number of hydrogen-bond acceptors (Lipinski definition) is 5. The highest BCUT2D eigenvalue weighted by Crippen LogP contribution is 2.32. The summed E-state index contributed by atoms with van der Waals surface area (Å²) in [6, 6.07) is 23.4. The lowest BCUT2D eigenvalue weighted by Crippen LogP contribution is -2.24. The first-order chi connectivity index (χ1) is 17.4. The van der Waals surface area contributed by atoms with Gasteiger partial charge in [0.1, 0.15) is 0 Å². The van der Waals surface area contributed by atoms with Crippen LogP contribution in [-0.2, 0) is 4.79 Å². The topological polar surface area (TPSA) is 66.0 Å². The summed E-state index contributed by atoms with van der Waals surface area (Å²) in [6.45, 7) is 4.04. The second kappa shape index (κ2) is 12.4. The van der Waals surface area contributed by atoms with E-state index in [9.17, 15) is 4.79 Å². The average molecular weight is 553 g/mol. The number of benzene rings is 3. The van der Waals surface area contributed by atoms with Crippen LogP contribution in [0.1, 0.15) is 18.9 Å². The summed E-state index contributed by atoms with van der Waals surface area (Å²) in [7, 11) is 0. The van der Waals surface area contributed by atoms with Crippen LogP contribution in [0, 0.1) is 6.92 Å². The third-order valence-corrected chi connectivity index (χ3v) is 7.88. The molecular weight excluding hydrogens is 528 g/mol. The van der Waals surface area contributed by atoms with Crippen LogP contribution in [0.2, 0.25) is 5.02 Å². The van der Waals surface area contributed by atoms with Gasteiger partial charge in [0, 0.05) is 32.2 Å². The van der Waals surface area contributed by atoms with Crippen LogP contribution in [-0.4, -0.2) is 21.3 Å². The third kappa shape index (κ3) is 7.07. The van der Waals surface area contributed by atoms with Gasteiger partial charge in [-0.15, -0.1) is 23.1 Å². The lowest BCUT2D eigenvalue weighted by atomic mass is 10.2. The lowest BCUT2D eigenvalue weighted by molar-refractivity contribution is -0.115. The van der Waals surface area contributed by atoms with Gasteiger partial charge in [-0.25, -0.2) is 4.98 Å². The van der Waals surface area contributed by atoms with Gasteiger partial charge < -0.3 is 16.0 Å². The summed E-state index contributed by atoms with van der Waals surface area (Å²) in [5.74, 6) is -0.0857.